The van der Waals surface area contributed by atoms with Crippen LogP contribution in [0.1, 0.15) is 119 Å². The molecule has 0 radical (unpaired) electrons. The number of carboxylic acids is 1. The molecule has 1 aliphatic carbocycles. The number of carbonyl (C=O) groups excluding carboxylic acids is 1. The van der Waals surface area contributed by atoms with Crippen LogP contribution in [0.15, 0.2) is 48.5 Å². The predicted molar refractivity (Wildman–Crippen MR) is 159 cm³/mol. The summed E-state index contributed by atoms with van der Waals surface area (Å²) < 4.78 is 0. The second kappa shape index (κ2) is 17.5. The molecule has 1 saturated carbocycles. The van der Waals surface area contributed by atoms with E-state index in [1.165, 1.54) is 64.2 Å². The van der Waals surface area contributed by atoms with Crippen molar-refractivity contribution in [1.29, 1.82) is 0 Å². The van der Waals surface area contributed by atoms with Gasteiger partial charge < -0.3 is 10.0 Å². The minimum absolute atomic E-state index is 0.130. The molecule has 210 valence electrons. The highest BCUT2D eigenvalue weighted by molar-refractivity contribution is 5.76. The molecule has 0 spiro atoms. The minimum atomic E-state index is -0.784. The third kappa shape index (κ3) is 12.1. The average molecular weight is 530 g/mol. The van der Waals surface area contributed by atoms with Crippen LogP contribution in [0.3, 0.4) is 0 Å². The quantitative estimate of drug-likeness (QED) is 0.176. The largest absolute Gasteiger partial charge is 0.481 e. The van der Waals surface area contributed by atoms with E-state index in [1.807, 2.05) is 29.2 Å². The highest BCUT2D eigenvalue weighted by atomic mass is 16.4. The summed E-state index contributed by atoms with van der Waals surface area (Å²) in [5.74, 6) is 6.73. The summed E-state index contributed by atoms with van der Waals surface area (Å²) in [6.45, 7) is 3.38. The van der Waals surface area contributed by atoms with Crippen LogP contribution < -0.4 is 0 Å². The minimum Gasteiger partial charge on any atom is -0.481 e. The van der Waals surface area contributed by atoms with Gasteiger partial charge in [0.2, 0.25) is 5.91 Å². The smallest absolute Gasteiger partial charge is 0.303 e. The van der Waals surface area contributed by atoms with Crippen LogP contribution in [0.25, 0.3) is 0 Å². The van der Waals surface area contributed by atoms with Gasteiger partial charge in [0.05, 0.1) is 0 Å². The van der Waals surface area contributed by atoms with Gasteiger partial charge in [0, 0.05) is 37.9 Å². The van der Waals surface area contributed by atoms with Gasteiger partial charge in [-0.3, -0.25) is 9.59 Å². The first kappa shape index (κ1) is 30.5. The van der Waals surface area contributed by atoms with Crippen molar-refractivity contribution in [2.24, 2.45) is 5.92 Å². The lowest BCUT2D eigenvalue weighted by Crippen LogP contribution is -2.30. The zero-order chi connectivity index (χ0) is 27.7. The Balaban J connectivity index is 1.57. The van der Waals surface area contributed by atoms with E-state index in [0.717, 1.165) is 35.1 Å². The van der Waals surface area contributed by atoms with Crippen LogP contribution >= 0.6 is 0 Å². The Morgan fingerprint density at radius 3 is 2.05 bits per heavy atom. The molecule has 4 nitrogen and oxygen atoms in total. The van der Waals surface area contributed by atoms with Gasteiger partial charge in [0.15, 0.2) is 0 Å². The van der Waals surface area contributed by atoms with Crippen molar-refractivity contribution in [1.82, 2.24) is 4.90 Å². The van der Waals surface area contributed by atoms with E-state index in [9.17, 15) is 9.59 Å². The molecule has 1 fully saturated rings. The third-order valence-electron chi connectivity index (χ3n) is 7.83. The molecule has 0 unspecified atom stereocenters. The van der Waals surface area contributed by atoms with Crippen molar-refractivity contribution in [3.05, 3.63) is 70.8 Å². The number of hydrogen-bond acceptors (Lipinski definition) is 2. The molecule has 2 aromatic rings. The maximum Gasteiger partial charge on any atom is 0.303 e. The summed E-state index contributed by atoms with van der Waals surface area (Å²) in [4.78, 5) is 26.2. The predicted octanol–water partition coefficient (Wildman–Crippen LogP) is 8.31. The molecule has 0 aromatic heterocycles. The van der Waals surface area contributed by atoms with Gasteiger partial charge in [-0.1, -0.05) is 113 Å². The normalized spacial score (nSPS) is 13.2. The molecule has 0 aliphatic heterocycles. The van der Waals surface area contributed by atoms with Crippen molar-refractivity contribution in [3.8, 4) is 11.8 Å². The molecule has 1 amide bonds. The molecular weight excluding hydrogens is 482 g/mol. The summed E-state index contributed by atoms with van der Waals surface area (Å²) in [6.07, 6.45) is 16.0. The first-order valence-corrected chi connectivity index (χ1v) is 15.2. The molecular formula is C35H47NO3. The van der Waals surface area contributed by atoms with Crippen LogP contribution in [-0.4, -0.2) is 21.9 Å². The molecule has 3 rings (SSSR count). The standard InChI is InChI=1S/C35H47NO3/c1-2-3-4-5-6-7-8-9-12-30-15-19-32(20-16-30)27-36(34(37)25-23-29-13-10-11-14-29)28-33-21-17-31(18-22-33)24-26-35(38)39/h15-22,29H,2-8,10-11,13-14,23-28H2,1H3,(H,38,39). The fourth-order valence-corrected chi connectivity index (χ4v) is 5.37. The highest BCUT2D eigenvalue weighted by Crippen LogP contribution is 2.29. The molecule has 39 heavy (non-hydrogen) atoms. The van der Waals surface area contributed by atoms with Gasteiger partial charge in [-0.15, -0.1) is 0 Å². The molecule has 0 atom stereocenters. The summed E-state index contributed by atoms with van der Waals surface area (Å²) >= 11 is 0. The van der Waals surface area contributed by atoms with E-state index in [4.69, 9.17) is 5.11 Å². The van der Waals surface area contributed by atoms with Gasteiger partial charge in [-0.2, -0.15) is 0 Å². The second-order valence-corrected chi connectivity index (χ2v) is 11.2. The Kier molecular flexibility index (Phi) is 13.7. The number of carbonyl (C=O) groups is 2. The molecule has 0 heterocycles. The molecule has 0 bridgehead atoms. The second-order valence-electron chi connectivity index (χ2n) is 11.2. The number of nitrogens with zero attached hydrogens (tertiary/aromatic N) is 1. The molecule has 1 N–H and O–H groups in total. The zero-order valence-electron chi connectivity index (χ0n) is 23.9. The van der Waals surface area contributed by atoms with Gasteiger partial charge in [0.1, 0.15) is 0 Å². The van der Waals surface area contributed by atoms with Gasteiger partial charge in [-0.05, 0) is 54.0 Å². The maximum absolute atomic E-state index is 13.3. The SMILES string of the molecule is CCCCCCCCC#Cc1ccc(CN(Cc2ccc(CCC(=O)O)cc2)C(=O)CCC2CCCC2)cc1. The van der Waals surface area contributed by atoms with Gasteiger partial charge in [-0.25, -0.2) is 0 Å². The van der Waals surface area contributed by atoms with E-state index < -0.39 is 5.97 Å². The number of hydrogen-bond donors (Lipinski definition) is 1. The Labute approximate surface area is 236 Å². The first-order valence-electron chi connectivity index (χ1n) is 15.2. The highest BCUT2D eigenvalue weighted by Gasteiger charge is 2.20. The van der Waals surface area contributed by atoms with Gasteiger partial charge >= 0.3 is 5.97 Å². The Hall–Kier alpha value is -3.06. The van der Waals surface area contributed by atoms with Crippen LogP contribution in [0, 0.1) is 17.8 Å². The number of rotatable bonds is 16. The lowest BCUT2D eigenvalue weighted by molar-refractivity contribution is -0.137. The first-order chi connectivity index (χ1) is 19.0. The van der Waals surface area contributed by atoms with Crippen LogP contribution in [-0.2, 0) is 29.1 Å². The van der Waals surface area contributed by atoms with Crippen molar-refractivity contribution >= 4 is 11.9 Å². The zero-order valence-corrected chi connectivity index (χ0v) is 23.9. The van der Waals surface area contributed by atoms with E-state index in [1.54, 1.807) is 0 Å². The maximum atomic E-state index is 13.3. The van der Waals surface area contributed by atoms with E-state index in [0.29, 0.717) is 31.8 Å². The number of unbranched alkanes of at least 4 members (excludes halogenated alkanes) is 6. The summed E-state index contributed by atoms with van der Waals surface area (Å²) in [6, 6.07) is 16.4. The Morgan fingerprint density at radius 1 is 0.821 bits per heavy atom. The van der Waals surface area contributed by atoms with Crippen molar-refractivity contribution < 1.29 is 14.7 Å². The van der Waals surface area contributed by atoms with E-state index in [-0.39, 0.29) is 12.3 Å². The molecule has 0 saturated heterocycles. The number of carboxylic acid groups (broad SMARTS) is 1. The van der Waals surface area contributed by atoms with Crippen LogP contribution in [0.4, 0.5) is 0 Å². The summed E-state index contributed by atoms with van der Waals surface area (Å²) in [7, 11) is 0. The van der Waals surface area contributed by atoms with Crippen molar-refractivity contribution in [2.75, 3.05) is 0 Å². The summed E-state index contributed by atoms with van der Waals surface area (Å²) in [5, 5.41) is 8.94. The number of benzene rings is 2. The number of amides is 1. The molecule has 2 aromatic carbocycles. The fourth-order valence-electron chi connectivity index (χ4n) is 5.37. The monoisotopic (exact) mass is 529 g/mol. The Morgan fingerprint density at radius 2 is 1.41 bits per heavy atom. The fraction of sp³-hybridized carbons (Fsp3) is 0.543. The van der Waals surface area contributed by atoms with E-state index >= 15 is 0 Å². The third-order valence-corrected chi connectivity index (χ3v) is 7.83. The lowest BCUT2D eigenvalue weighted by atomic mass is 10.0. The Bertz CT molecular complexity index is 1060. The van der Waals surface area contributed by atoms with Crippen molar-refractivity contribution in [3.63, 3.8) is 0 Å². The lowest BCUT2D eigenvalue weighted by Gasteiger charge is -2.24. The topological polar surface area (TPSA) is 57.6 Å². The average Bonchev–Trinajstić information content (AvgIpc) is 3.47. The van der Waals surface area contributed by atoms with Gasteiger partial charge in [0.25, 0.3) is 0 Å². The summed E-state index contributed by atoms with van der Waals surface area (Å²) in [5.41, 5.74) is 4.22. The van der Waals surface area contributed by atoms with E-state index in [2.05, 4.69) is 43.0 Å². The van der Waals surface area contributed by atoms with Crippen LogP contribution in [0.2, 0.25) is 0 Å². The molecule has 4 heteroatoms. The van der Waals surface area contributed by atoms with Crippen molar-refractivity contribution in [2.45, 2.75) is 116 Å². The number of aliphatic carboxylic acids is 1. The number of aryl methyl sites for hydroxylation is 1. The molecule has 1 aliphatic rings. The van der Waals surface area contributed by atoms with Crippen LogP contribution in [0.5, 0.6) is 0 Å².